The number of rotatable bonds is 2. The Morgan fingerprint density at radius 1 is 1.57 bits per heavy atom. The van der Waals surface area contributed by atoms with E-state index in [1.54, 1.807) is 18.2 Å². The Labute approximate surface area is 81.9 Å². The van der Waals surface area contributed by atoms with Gasteiger partial charge in [-0.15, -0.1) is 0 Å². The lowest BCUT2D eigenvalue weighted by Crippen LogP contribution is -1.95. The summed E-state index contributed by atoms with van der Waals surface area (Å²) in [5, 5.41) is 17.5. The highest BCUT2D eigenvalue weighted by molar-refractivity contribution is 6.04. The summed E-state index contributed by atoms with van der Waals surface area (Å²) in [6.07, 6.45) is 1.12. The molecule has 0 radical (unpaired) electrons. The van der Waals surface area contributed by atoms with Crippen LogP contribution >= 0.6 is 0 Å². The summed E-state index contributed by atoms with van der Waals surface area (Å²) < 4.78 is 0. The van der Waals surface area contributed by atoms with Crippen LogP contribution in [0.2, 0.25) is 0 Å². The van der Waals surface area contributed by atoms with Gasteiger partial charge in [-0.2, -0.15) is 5.26 Å². The first-order valence-corrected chi connectivity index (χ1v) is 4.05. The van der Waals surface area contributed by atoms with Crippen molar-refractivity contribution in [2.45, 2.75) is 6.92 Å². The summed E-state index contributed by atoms with van der Waals surface area (Å²) in [7, 11) is 0. The Balaban J connectivity index is 3.03. The van der Waals surface area contributed by atoms with E-state index in [2.05, 4.69) is 0 Å². The molecule has 0 aromatic heterocycles. The molecule has 0 aliphatic rings. The fourth-order valence-corrected chi connectivity index (χ4v) is 1.02. The molecule has 1 rings (SSSR count). The van der Waals surface area contributed by atoms with Crippen molar-refractivity contribution >= 4 is 5.78 Å². The van der Waals surface area contributed by atoms with E-state index >= 15 is 0 Å². The Morgan fingerprint density at radius 2 is 2.29 bits per heavy atom. The maximum atomic E-state index is 11.4. The molecular formula is C11H9NO2. The quantitative estimate of drug-likeness (QED) is 0.438. The average Bonchev–Trinajstić information content (AvgIpc) is 2.17. The lowest BCUT2D eigenvalue weighted by atomic mass is 10.1. The Kier molecular flexibility index (Phi) is 3.03. The summed E-state index contributed by atoms with van der Waals surface area (Å²) in [4.78, 5) is 11.4. The minimum atomic E-state index is -0.304. The van der Waals surface area contributed by atoms with Crippen LogP contribution in [0.1, 0.15) is 22.8 Å². The van der Waals surface area contributed by atoms with E-state index in [0.29, 0.717) is 11.1 Å². The molecule has 3 nitrogen and oxygen atoms in total. The van der Waals surface area contributed by atoms with Gasteiger partial charge < -0.3 is 5.11 Å². The molecule has 0 bridgehead atoms. The number of hydrogen-bond acceptors (Lipinski definition) is 3. The van der Waals surface area contributed by atoms with Crippen molar-refractivity contribution in [3.05, 3.63) is 47.2 Å². The Hall–Kier alpha value is -2.08. The Morgan fingerprint density at radius 3 is 2.86 bits per heavy atom. The van der Waals surface area contributed by atoms with Crippen LogP contribution < -0.4 is 0 Å². The minimum absolute atomic E-state index is 0.0441. The second kappa shape index (κ2) is 4.24. The molecular weight excluding hydrogens is 178 g/mol. The van der Waals surface area contributed by atoms with Crippen molar-refractivity contribution in [3.63, 3.8) is 0 Å². The van der Waals surface area contributed by atoms with Gasteiger partial charge in [0.05, 0.1) is 17.4 Å². The van der Waals surface area contributed by atoms with E-state index in [0.717, 1.165) is 6.08 Å². The number of aliphatic hydroxyl groups is 1. The monoisotopic (exact) mass is 187 g/mol. The smallest absolute Gasteiger partial charge is 0.189 e. The number of hydrogen-bond donors (Lipinski definition) is 1. The lowest BCUT2D eigenvalue weighted by Gasteiger charge is -1.96. The van der Waals surface area contributed by atoms with E-state index in [4.69, 9.17) is 10.4 Å². The average molecular weight is 187 g/mol. The first kappa shape index (κ1) is 10.0. The molecule has 0 unspecified atom stereocenters. The fourth-order valence-electron chi connectivity index (χ4n) is 1.02. The van der Waals surface area contributed by atoms with E-state index in [1.807, 2.05) is 6.07 Å². The lowest BCUT2D eigenvalue weighted by molar-refractivity contribution is 0.104. The van der Waals surface area contributed by atoms with Crippen LogP contribution in [-0.4, -0.2) is 10.9 Å². The summed E-state index contributed by atoms with van der Waals surface area (Å²) in [6, 6.07) is 8.28. The molecule has 0 fully saturated rings. The number of benzene rings is 1. The van der Waals surface area contributed by atoms with Gasteiger partial charge in [-0.25, -0.2) is 0 Å². The first-order valence-electron chi connectivity index (χ1n) is 4.05. The third-order valence-electron chi connectivity index (χ3n) is 1.62. The highest BCUT2D eigenvalue weighted by Crippen LogP contribution is 2.06. The third-order valence-corrected chi connectivity index (χ3v) is 1.62. The molecule has 0 atom stereocenters. The van der Waals surface area contributed by atoms with E-state index in [9.17, 15) is 4.79 Å². The van der Waals surface area contributed by atoms with Gasteiger partial charge >= 0.3 is 0 Å². The SMILES string of the molecule is C/C(O)=C/C(=O)c1cccc(C#N)c1. The van der Waals surface area contributed by atoms with Gasteiger partial charge in [0.25, 0.3) is 0 Å². The van der Waals surface area contributed by atoms with Crippen molar-refractivity contribution in [2.75, 3.05) is 0 Å². The van der Waals surface area contributed by atoms with Crippen molar-refractivity contribution in [3.8, 4) is 6.07 Å². The van der Waals surface area contributed by atoms with Gasteiger partial charge in [-0.1, -0.05) is 12.1 Å². The number of nitriles is 1. The minimum Gasteiger partial charge on any atom is -0.512 e. The van der Waals surface area contributed by atoms with Crippen molar-refractivity contribution in [2.24, 2.45) is 0 Å². The summed E-state index contributed by atoms with van der Waals surface area (Å²) in [6.45, 7) is 1.42. The van der Waals surface area contributed by atoms with Crippen LogP contribution in [0.3, 0.4) is 0 Å². The largest absolute Gasteiger partial charge is 0.512 e. The molecule has 1 N–H and O–H groups in total. The van der Waals surface area contributed by atoms with Crippen LogP contribution in [0, 0.1) is 11.3 Å². The summed E-state index contributed by atoms with van der Waals surface area (Å²) in [5.41, 5.74) is 0.831. The summed E-state index contributed by atoms with van der Waals surface area (Å²) in [5.74, 6) is -0.348. The van der Waals surface area contributed by atoms with Gasteiger partial charge in [0.1, 0.15) is 0 Å². The standard InChI is InChI=1S/C11H9NO2/c1-8(13)5-11(14)10-4-2-3-9(6-10)7-12/h2-6,13H,1H3/b8-5-. The van der Waals surface area contributed by atoms with Crippen molar-refractivity contribution in [1.82, 2.24) is 0 Å². The molecule has 1 aromatic rings. The molecule has 0 aliphatic carbocycles. The topological polar surface area (TPSA) is 61.1 Å². The molecule has 0 aliphatic heterocycles. The van der Waals surface area contributed by atoms with Crippen LogP contribution in [0.5, 0.6) is 0 Å². The normalized spacial score (nSPS) is 10.7. The highest BCUT2D eigenvalue weighted by Gasteiger charge is 2.03. The van der Waals surface area contributed by atoms with Gasteiger partial charge in [0.2, 0.25) is 0 Å². The van der Waals surface area contributed by atoms with E-state index in [-0.39, 0.29) is 11.5 Å². The van der Waals surface area contributed by atoms with Gasteiger partial charge in [0.15, 0.2) is 5.78 Å². The predicted molar refractivity (Wildman–Crippen MR) is 51.9 cm³/mol. The highest BCUT2D eigenvalue weighted by atomic mass is 16.3. The van der Waals surface area contributed by atoms with E-state index in [1.165, 1.54) is 13.0 Å². The van der Waals surface area contributed by atoms with Gasteiger partial charge in [-0.05, 0) is 19.1 Å². The van der Waals surface area contributed by atoms with Crippen LogP contribution in [-0.2, 0) is 0 Å². The number of nitrogens with zero attached hydrogens (tertiary/aromatic N) is 1. The van der Waals surface area contributed by atoms with Crippen LogP contribution in [0.4, 0.5) is 0 Å². The maximum absolute atomic E-state index is 11.4. The number of aliphatic hydroxyl groups excluding tert-OH is 1. The second-order valence-electron chi connectivity index (χ2n) is 2.84. The number of carbonyl (C=O) groups excluding carboxylic acids is 1. The molecule has 14 heavy (non-hydrogen) atoms. The van der Waals surface area contributed by atoms with Crippen LogP contribution in [0.15, 0.2) is 36.1 Å². The van der Waals surface area contributed by atoms with Gasteiger partial charge in [-0.3, -0.25) is 4.79 Å². The van der Waals surface area contributed by atoms with Crippen molar-refractivity contribution in [1.29, 1.82) is 5.26 Å². The van der Waals surface area contributed by atoms with Gasteiger partial charge in [0, 0.05) is 11.6 Å². The number of carbonyl (C=O) groups is 1. The fraction of sp³-hybridized carbons (Fsp3) is 0.0909. The predicted octanol–water partition coefficient (Wildman–Crippen LogP) is 2.20. The van der Waals surface area contributed by atoms with Crippen LogP contribution in [0.25, 0.3) is 0 Å². The molecule has 70 valence electrons. The van der Waals surface area contributed by atoms with Crippen molar-refractivity contribution < 1.29 is 9.90 Å². The number of ketones is 1. The maximum Gasteiger partial charge on any atom is 0.189 e. The number of allylic oxidation sites excluding steroid dienone is 2. The second-order valence-corrected chi connectivity index (χ2v) is 2.84. The molecule has 3 heteroatoms. The molecule has 0 amide bonds. The molecule has 0 heterocycles. The Bertz CT molecular complexity index is 423. The van der Waals surface area contributed by atoms with E-state index < -0.39 is 0 Å². The molecule has 1 aromatic carbocycles. The molecule has 0 saturated heterocycles. The zero-order valence-electron chi connectivity index (χ0n) is 7.69. The third kappa shape index (κ3) is 2.46. The zero-order valence-corrected chi connectivity index (χ0v) is 7.69. The summed E-state index contributed by atoms with van der Waals surface area (Å²) >= 11 is 0. The first-order chi connectivity index (χ1) is 6.63. The molecule has 0 spiro atoms. The zero-order chi connectivity index (χ0) is 10.6. The molecule has 0 saturated carbocycles.